The molecule has 98 valence electrons. The number of rotatable bonds is 6. The summed E-state index contributed by atoms with van der Waals surface area (Å²) in [5.41, 5.74) is 0.588. The van der Waals surface area contributed by atoms with Crippen LogP contribution in [0.1, 0.15) is 13.3 Å². The van der Waals surface area contributed by atoms with E-state index in [4.69, 9.17) is 16.7 Å². The fraction of sp³-hybridized carbons (Fsp3) is 0.333. The van der Waals surface area contributed by atoms with Gasteiger partial charge in [-0.2, -0.15) is 0 Å². The van der Waals surface area contributed by atoms with Gasteiger partial charge in [0.15, 0.2) is 0 Å². The van der Waals surface area contributed by atoms with Crippen LogP contribution in [0, 0.1) is 0 Å². The Hall–Kier alpha value is -1.59. The number of halogens is 1. The van der Waals surface area contributed by atoms with Crippen molar-refractivity contribution < 1.29 is 14.7 Å². The summed E-state index contributed by atoms with van der Waals surface area (Å²) in [7, 11) is 0. The highest BCUT2D eigenvalue weighted by Gasteiger charge is 2.19. The number of hydrogen-bond acceptors (Lipinski definition) is 3. The SMILES string of the molecule is CCNC(CC(=O)Nc1ccc(Cl)cc1)C(=O)O. The Morgan fingerprint density at radius 2 is 1.94 bits per heavy atom. The van der Waals surface area contributed by atoms with Gasteiger partial charge < -0.3 is 15.7 Å². The van der Waals surface area contributed by atoms with Gasteiger partial charge in [-0.25, -0.2) is 0 Å². The molecule has 0 saturated heterocycles. The first-order chi connectivity index (χ1) is 8.52. The van der Waals surface area contributed by atoms with Gasteiger partial charge >= 0.3 is 5.97 Å². The van der Waals surface area contributed by atoms with Gasteiger partial charge in [0.05, 0.1) is 6.42 Å². The molecular formula is C12H15ClN2O3. The van der Waals surface area contributed by atoms with E-state index in [0.717, 1.165) is 0 Å². The van der Waals surface area contributed by atoms with Crippen molar-refractivity contribution in [3.8, 4) is 0 Å². The number of nitrogens with one attached hydrogen (secondary N) is 2. The number of carboxylic acids is 1. The quantitative estimate of drug-likeness (QED) is 0.736. The molecule has 1 amide bonds. The summed E-state index contributed by atoms with van der Waals surface area (Å²) in [5.74, 6) is -1.39. The normalized spacial score (nSPS) is 11.9. The third-order valence-corrected chi connectivity index (χ3v) is 2.52. The molecule has 0 bridgehead atoms. The van der Waals surface area contributed by atoms with E-state index in [0.29, 0.717) is 17.3 Å². The maximum Gasteiger partial charge on any atom is 0.321 e. The highest BCUT2D eigenvalue weighted by atomic mass is 35.5. The number of hydrogen-bond donors (Lipinski definition) is 3. The van der Waals surface area contributed by atoms with Gasteiger partial charge in [0, 0.05) is 10.7 Å². The summed E-state index contributed by atoms with van der Waals surface area (Å²) < 4.78 is 0. The monoisotopic (exact) mass is 270 g/mol. The van der Waals surface area contributed by atoms with Crippen LogP contribution >= 0.6 is 11.6 Å². The second kappa shape index (κ2) is 6.98. The highest BCUT2D eigenvalue weighted by Crippen LogP contribution is 2.13. The Kier molecular flexibility index (Phi) is 5.61. The van der Waals surface area contributed by atoms with Crippen LogP contribution in [0.5, 0.6) is 0 Å². The first-order valence-corrected chi connectivity index (χ1v) is 5.92. The van der Waals surface area contributed by atoms with Gasteiger partial charge in [-0.1, -0.05) is 18.5 Å². The van der Waals surface area contributed by atoms with Gasteiger partial charge in [-0.3, -0.25) is 9.59 Å². The zero-order valence-corrected chi connectivity index (χ0v) is 10.7. The number of carboxylic acid groups (broad SMARTS) is 1. The molecule has 0 saturated carbocycles. The lowest BCUT2D eigenvalue weighted by molar-refractivity contribution is -0.141. The first kappa shape index (κ1) is 14.5. The van der Waals surface area contributed by atoms with E-state index < -0.39 is 12.0 Å². The number of anilines is 1. The highest BCUT2D eigenvalue weighted by molar-refractivity contribution is 6.30. The molecule has 0 heterocycles. The first-order valence-electron chi connectivity index (χ1n) is 5.54. The Morgan fingerprint density at radius 3 is 2.44 bits per heavy atom. The maximum absolute atomic E-state index is 11.6. The maximum atomic E-state index is 11.6. The smallest absolute Gasteiger partial charge is 0.321 e. The number of benzene rings is 1. The average Bonchev–Trinajstić information content (AvgIpc) is 2.31. The van der Waals surface area contributed by atoms with Crippen LogP contribution in [0.25, 0.3) is 0 Å². The van der Waals surface area contributed by atoms with Crippen LogP contribution in [-0.2, 0) is 9.59 Å². The minimum atomic E-state index is -1.04. The molecule has 0 radical (unpaired) electrons. The van der Waals surface area contributed by atoms with Crippen molar-refractivity contribution in [2.75, 3.05) is 11.9 Å². The van der Waals surface area contributed by atoms with Crippen molar-refractivity contribution in [2.24, 2.45) is 0 Å². The van der Waals surface area contributed by atoms with E-state index in [9.17, 15) is 9.59 Å². The number of carbonyl (C=O) groups is 2. The van der Waals surface area contributed by atoms with E-state index >= 15 is 0 Å². The van der Waals surface area contributed by atoms with Crippen LogP contribution in [-0.4, -0.2) is 29.6 Å². The van der Waals surface area contributed by atoms with E-state index in [2.05, 4.69) is 10.6 Å². The molecule has 1 rings (SSSR count). The lowest BCUT2D eigenvalue weighted by atomic mass is 10.2. The molecule has 0 aromatic heterocycles. The van der Waals surface area contributed by atoms with E-state index in [1.54, 1.807) is 31.2 Å². The van der Waals surface area contributed by atoms with Crippen LogP contribution in [0.3, 0.4) is 0 Å². The van der Waals surface area contributed by atoms with Gasteiger partial charge in [-0.15, -0.1) is 0 Å². The lowest BCUT2D eigenvalue weighted by Gasteiger charge is -2.12. The molecule has 1 atom stereocenters. The lowest BCUT2D eigenvalue weighted by Crippen LogP contribution is -2.39. The number of likely N-dealkylation sites (N-methyl/N-ethyl adjacent to an activating group) is 1. The molecule has 1 unspecified atom stereocenters. The Bertz CT molecular complexity index is 420. The summed E-state index contributed by atoms with van der Waals surface area (Å²) in [6, 6.07) is 5.74. The molecule has 1 aromatic carbocycles. The fourth-order valence-electron chi connectivity index (χ4n) is 1.42. The standard InChI is InChI=1S/C12H15ClN2O3/c1-2-14-10(12(17)18)7-11(16)15-9-5-3-8(13)4-6-9/h3-6,10,14H,2,7H2,1H3,(H,15,16)(H,17,18). The van der Waals surface area contributed by atoms with Crippen molar-refractivity contribution >= 4 is 29.2 Å². The van der Waals surface area contributed by atoms with Crippen molar-refractivity contribution in [3.63, 3.8) is 0 Å². The van der Waals surface area contributed by atoms with Crippen LogP contribution in [0.2, 0.25) is 5.02 Å². The Morgan fingerprint density at radius 1 is 1.33 bits per heavy atom. The van der Waals surface area contributed by atoms with E-state index in [1.165, 1.54) is 0 Å². The van der Waals surface area contributed by atoms with Gasteiger partial charge in [-0.05, 0) is 30.8 Å². The van der Waals surface area contributed by atoms with E-state index in [-0.39, 0.29) is 12.3 Å². The summed E-state index contributed by atoms with van der Waals surface area (Å²) in [4.78, 5) is 22.5. The zero-order chi connectivity index (χ0) is 13.5. The van der Waals surface area contributed by atoms with Crippen LogP contribution in [0.15, 0.2) is 24.3 Å². The molecule has 0 fully saturated rings. The summed E-state index contributed by atoms with van der Waals surface area (Å²) in [6.45, 7) is 2.28. The number of amides is 1. The van der Waals surface area contributed by atoms with Gasteiger partial charge in [0.2, 0.25) is 5.91 Å². The van der Waals surface area contributed by atoms with Crippen molar-refractivity contribution in [2.45, 2.75) is 19.4 Å². The number of carbonyl (C=O) groups excluding carboxylic acids is 1. The molecule has 0 aliphatic rings. The molecule has 18 heavy (non-hydrogen) atoms. The molecule has 6 heteroatoms. The van der Waals surface area contributed by atoms with Crippen molar-refractivity contribution in [3.05, 3.63) is 29.3 Å². The largest absolute Gasteiger partial charge is 0.480 e. The molecule has 0 aliphatic heterocycles. The summed E-state index contributed by atoms with van der Waals surface area (Å²) in [6.07, 6.45) is -0.119. The van der Waals surface area contributed by atoms with Gasteiger partial charge in [0.25, 0.3) is 0 Å². The molecule has 3 N–H and O–H groups in total. The molecular weight excluding hydrogens is 256 g/mol. The number of aliphatic carboxylic acids is 1. The Balaban J connectivity index is 2.54. The average molecular weight is 271 g/mol. The second-order valence-corrected chi connectivity index (χ2v) is 4.14. The van der Waals surface area contributed by atoms with Crippen molar-refractivity contribution in [1.82, 2.24) is 5.32 Å². The molecule has 1 aromatic rings. The molecule has 0 aliphatic carbocycles. The van der Waals surface area contributed by atoms with Crippen LogP contribution < -0.4 is 10.6 Å². The predicted molar refractivity (Wildman–Crippen MR) is 69.8 cm³/mol. The molecule has 5 nitrogen and oxygen atoms in total. The van der Waals surface area contributed by atoms with E-state index in [1.807, 2.05) is 0 Å². The molecule has 0 spiro atoms. The van der Waals surface area contributed by atoms with Gasteiger partial charge in [0.1, 0.15) is 6.04 Å². The summed E-state index contributed by atoms with van der Waals surface area (Å²) >= 11 is 5.71. The summed E-state index contributed by atoms with van der Waals surface area (Å²) in [5, 5.41) is 14.8. The van der Waals surface area contributed by atoms with Crippen LogP contribution in [0.4, 0.5) is 5.69 Å². The Labute approximate surface area is 110 Å². The minimum Gasteiger partial charge on any atom is -0.480 e. The van der Waals surface area contributed by atoms with Crippen molar-refractivity contribution in [1.29, 1.82) is 0 Å². The zero-order valence-electron chi connectivity index (χ0n) is 9.94. The predicted octanol–water partition coefficient (Wildman–Crippen LogP) is 1.73. The topological polar surface area (TPSA) is 78.4 Å². The fourth-order valence-corrected chi connectivity index (χ4v) is 1.55. The second-order valence-electron chi connectivity index (χ2n) is 3.71. The third-order valence-electron chi connectivity index (χ3n) is 2.27. The third kappa shape index (κ3) is 4.73. The minimum absolute atomic E-state index is 0.119.